The van der Waals surface area contributed by atoms with Crippen molar-refractivity contribution in [2.45, 2.75) is 5.41 Å². The highest BCUT2D eigenvalue weighted by Crippen LogP contribution is 2.34. The van der Waals surface area contributed by atoms with Gasteiger partial charge in [0.05, 0.1) is 18.6 Å². The first-order chi connectivity index (χ1) is 7.36. The van der Waals surface area contributed by atoms with E-state index in [-0.39, 0.29) is 0 Å². The van der Waals surface area contributed by atoms with Crippen LogP contribution in [0.4, 0.5) is 0 Å². The zero-order valence-corrected chi connectivity index (χ0v) is 8.19. The van der Waals surface area contributed by atoms with Crippen LogP contribution in [-0.4, -0.2) is 24.5 Å². The van der Waals surface area contributed by atoms with Crippen molar-refractivity contribution in [2.75, 3.05) is 13.2 Å². The number of carbonyl (C=O) groups excluding carboxylic acids is 1. The number of aromatic nitrogens is 1. The number of para-hydroxylation sites is 1. The summed E-state index contributed by atoms with van der Waals surface area (Å²) in [7, 11) is 0. The molecular formula is C12H11NO2. The summed E-state index contributed by atoms with van der Waals surface area (Å²) in [6.45, 7) is 0.997. The second-order valence-electron chi connectivity index (χ2n) is 4.01. The quantitative estimate of drug-likeness (QED) is 0.750. The third kappa shape index (κ3) is 1.07. The molecule has 0 amide bonds. The largest absolute Gasteiger partial charge is 0.378 e. The Morgan fingerprint density at radius 2 is 2.13 bits per heavy atom. The van der Waals surface area contributed by atoms with Gasteiger partial charge in [0.2, 0.25) is 0 Å². The summed E-state index contributed by atoms with van der Waals surface area (Å²) in [6, 6.07) is 8.01. The standard InChI is InChI=1S/C12H11NO2/c14-6-12(7-15-8-12)10-5-13-11-4-2-1-3-9(10)11/h1-6,13H,7-8H2. The first-order valence-electron chi connectivity index (χ1n) is 4.96. The highest BCUT2D eigenvalue weighted by atomic mass is 16.5. The summed E-state index contributed by atoms with van der Waals surface area (Å²) in [5, 5.41) is 1.12. The Labute approximate surface area is 87.1 Å². The topological polar surface area (TPSA) is 42.1 Å². The van der Waals surface area contributed by atoms with E-state index in [0.717, 1.165) is 22.8 Å². The van der Waals surface area contributed by atoms with E-state index in [1.165, 1.54) is 0 Å². The Balaban J connectivity index is 2.22. The van der Waals surface area contributed by atoms with Crippen LogP contribution in [0.3, 0.4) is 0 Å². The van der Waals surface area contributed by atoms with Gasteiger partial charge in [-0.25, -0.2) is 0 Å². The molecule has 0 saturated carbocycles. The lowest BCUT2D eigenvalue weighted by atomic mass is 9.80. The molecule has 1 N–H and O–H groups in total. The van der Waals surface area contributed by atoms with Gasteiger partial charge in [-0.3, -0.25) is 0 Å². The first kappa shape index (κ1) is 8.68. The fourth-order valence-corrected chi connectivity index (χ4v) is 2.09. The van der Waals surface area contributed by atoms with Crippen molar-refractivity contribution in [1.82, 2.24) is 4.98 Å². The molecule has 0 radical (unpaired) electrons. The van der Waals surface area contributed by atoms with Crippen molar-refractivity contribution in [2.24, 2.45) is 0 Å². The van der Waals surface area contributed by atoms with Crippen LogP contribution in [0.1, 0.15) is 5.56 Å². The van der Waals surface area contributed by atoms with E-state index in [4.69, 9.17) is 4.74 Å². The van der Waals surface area contributed by atoms with Gasteiger partial charge in [-0.05, 0) is 11.6 Å². The third-order valence-corrected chi connectivity index (χ3v) is 3.07. The maximum atomic E-state index is 11.2. The summed E-state index contributed by atoms with van der Waals surface area (Å²) in [4.78, 5) is 14.3. The summed E-state index contributed by atoms with van der Waals surface area (Å²) >= 11 is 0. The van der Waals surface area contributed by atoms with Crippen LogP contribution in [0.25, 0.3) is 10.9 Å². The average molecular weight is 201 g/mol. The number of carbonyl (C=O) groups is 1. The van der Waals surface area contributed by atoms with Gasteiger partial charge in [0.1, 0.15) is 6.29 Å². The Morgan fingerprint density at radius 1 is 1.33 bits per heavy atom. The number of rotatable bonds is 2. The second-order valence-corrected chi connectivity index (χ2v) is 4.01. The van der Waals surface area contributed by atoms with Gasteiger partial charge < -0.3 is 14.5 Å². The van der Waals surface area contributed by atoms with Crippen molar-refractivity contribution in [1.29, 1.82) is 0 Å². The number of fused-ring (bicyclic) bond motifs is 1. The van der Waals surface area contributed by atoms with E-state index in [1.807, 2.05) is 30.5 Å². The van der Waals surface area contributed by atoms with E-state index in [1.54, 1.807) is 0 Å². The minimum absolute atomic E-state index is 0.417. The number of hydrogen-bond acceptors (Lipinski definition) is 2. The maximum Gasteiger partial charge on any atom is 0.135 e. The number of ether oxygens (including phenoxy) is 1. The molecule has 3 heteroatoms. The van der Waals surface area contributed by atoms with Crippen LogP contribution < -0.4 is 0 Å². The molecule has 2 aromatic rings. The van der Waals surface area contributed by atoms with E-state index in [0.29, 0.717) is 13.2 Å². The Kier molecular flexibility index (Phi) is 1.70. The smallest absolute Gasteiger partial charge is 0.135 e. The van der Waals surface area contributed by atoms with Crippen molar-refractivity contribution in [3.8, 4) is 0 Å². The number of nitrogens with one attached hydrogen (secondary N) is 1. The van der Waals surface area contributed by atoms with E-state index >= 15 is 0 Å². The molecule has 1 fully saturated rings. The molecule has 1 aliphatic heterocycles. The molecule has 0 unspecified atom stereocenters. The second kappa shape index (κ2) is 2.94. The van der Waals surface area contributed by atoms with Gasteiger partial charge in [0.25, 0.3) is 0 Å². The molecule has 1 aromatic carbocycles. The van der Waals surface area contributed by atoms with Crippen molar-refractivity contribution in [3.63, 3.8) is 0 Å². The van der Waals surface area contributed by atoms with Crippen molar-refractivity contribution < 1.29 is 9.53 Å². The predicted molar refractivity (Wildman–Crippen MR) is 56.9 cm³/mol. The fraction of sp³-hybridized carbons (Fsp3) is 0.250. The number of H-pyrrole nitrogens is 1. The lowest BCUT2D eigenvalue weighted by Gasteiger charge is -2.36. The zero-order valence-electron chi connectivity index (χ0n) is 8.19. The molecule has 0 atom stereocenters. The molecule has 76 valence electrons. The van der Waals surface area contributed by atoms with Crippen LogP contribution in [0.5, 0.6) is 0 Å². The molecule has 3 nitrogen and oxygen atoms in total. The first-order valence-corrected chi connectivity index (χ1v) is 4.96. The third-order valence-electron chi connectivity index (χ3n) is 3.07. The SMILES string of the molecule is O=CC1(c2c[nH]c3ccccc23)COC1. The van der Waals surface area contributed by atoms with Gasteiger partial charge >= 0.3 is 0 Å². The van der Waals surface area contributed by atoms with E-state index in [9.17, 15) is 4.79 Å². The molecule has 0 bridgehead atoms. The van der Waals surface area contributed by atoms with E-state index < -0.39 is 5.41 Å². The van der Waals surface area contributed by atoms with Crippen LogP contribution >= 0.6 is 0 Å². The van der Waals surface area contributed by atoms with Gasteiger partial charge in [0, 0.05) is 17.1 Å². The summed E-state index contributed by atoms with van der Waals surface area (Å²) < 4.78 is 5.16. The highest BCUT2D eigenvalue weighted by molar-refractivity contribution is 5.89. The molecule has 1 saturated heterocycles. The molecule has 0 aliphatic carbocycles. The van der Waals surface area contributed by atoms with Gasteiger partial charge in [-0.2, -0.15) is 0 Å². The Hall–Kier alpha value is -1.61. The van der Waals surface area contributed by atoms with E-state index in [2.05, 4.69) is 4.98 Å². The van der Waals surface area contributed by atoms with Crippen LogP contribution in [0, 0.1) is 0 Å². The molecule has 0 spiro atoms. The zero-order chi connectivity index (χ0) is 10.3. The monoisotopic (exact) mass is 201 g/mol. The van der Waals surface area contributed by atoms with Crippen LogP contribution in [0.2, 0.25) is 0 Å². The highest BCUT2D eigenvalue weighted by Gasteiger charge is 2.41. The Bertz CT molecular complexity index is 511. The minimum Gasteiger partial charge on any atom is -0.378 e. The van der Waals surface area contributed by atoms with Gasteiger partial charge in [0.15, 0.2) is 0 Å². The Morgan fingerprint density at radius 3 is 2.80 bits per heavy atom. The molecule has 3 rings (SSSR count). The normalized spacial score (nSPS) is 18.7. The van der Waals surface area contributed by atoms with Crippen LogP contribution in [0.15, 0.2) is 30.5 Å². The maximum absolute atomic E-state index is 11.2. The van der Waals surface area contributed by atoms with Crippen LogP contribution in [-0.2, 0) is 14.9 Å². The lowest BCUT2D eigenvalue weighted by Crippen LogP contribution is -2.48. The molecule has 15 heavy (non-hydrogen) atoms. The van der Waals surface area contributed by atoms with Crippen molar-refractivity contribution >= 4 is 17.2 Å². The fourth-order valence-electron chi connectivity index (χ4n) is 2.09. The van der Waals surface area contributed by atoms with Crippen molar-refractivity contribution in [3.05, 3.63) is 36.0 Å². The van der Waals surface area contributed by atoms with Gasteiger partial charge in [-0.15, -0.1) is 0 Å². The molecule has 1 aliphatic rings. The lowest BCUT2D eigenvalue weighted by molar-refractivity contribution is -0.129. The summed E-state index contributed by atoms with van der Waals surface area (Å²) in [5.41, 5.74) is 1.71. The predicted octanol–water partition coefficient (Wildman–Crippen LogP) is 1.63. The number of aldehydes is 1. The molecular weight excluding hydrogens is 190 g/mol. The number of hydrogen-bond donors (Lipinski definition) is 1. The van der Waals surface area contributed by atoms with Gasteiger partial charge in [-0.1, -0.05) is 18.2 Å². The number of aromatic amines is 1. The average Bonchev–Trinajstić information content (AvgIpc) is 2.62. The molecule has 1 aromatic heterocycles. The molecule has 2 heterocycles. The summed E-state index contributed by atoms with van der Waals surface area (Å²) in [5.74, 6) is 0. The summed E-state index contributed by atoms with van der Waals surface area (Å²) in [6.07, 6.45) is 2.92. The number of benzene rings is 1. The minimum atomic E-state index is -0.417.